The predicted molar refractivity (Wildman–Crippen MR) is 75.1 cm³/mol. The molecule has 0 unspecified atom stereocenters. The average Bonchev–Trinajstić information content (AvgIpc) is 2.78. The maximum atomic E-state index is 12.2. The molecule has 0 bridgehead atoms. The number of hydrogen-bond acceptors (Lipinski definition) is 4. The summed E-state index contributed by atoms with van der Waals surface area (Å²) < 4.78 is 5.14. The molecule has 0 radical (unpaired) electrons. The molecule has 0 spiro atoms. The number of carbonyl (C=O) groups excluding carboxylic acids is 1. The van der Waals surface area contributed by atoms with Gasteiger partial charge in [-0.1, -0.05) is 11.6 Å². The molecule has 0 aliphatic heterocycles. The van der Waals surface area contributed by atoms with Crippen LogP contribution in [-0.4, -0.2) is 42.0 Å². The van der Waals surface area contributed by atoms with Gasteiger partial charge in [0.2, 0.25) is 0 Å². The van der Waals surface area contributed by atoms with Gasteiger partial charge in [0.05, 0.1) is 18.8 Å². The number of aliphatic hydroxyl groups excluding tert-OH is 2. The minimum Gasteiger partial charge on any atom is -0.496 e. The monoisotopic (exact) mass is 299 g/mol. The van der Waals surface area contributed by atoms with E-state index >= 15 is 0 Å². The number of amides is 1. The van der Waals surface area contributed by atoms with Gasteiger partial charge in [0, 0.05) is 23.6 Å². The third-order valence-electron chi connectivity index (χ3n) is 3.63. The number of rotatable bonds is 4. The van der Waals surface area contributed by atoms with E-state index in [2.05, 4.69) is 5.32 Å². The number of hydrogen-bond donors (Lipinski definition) is 3. The lowest BCUT2D eigenvalue weighted by Gasteiger charge is -2.14. The van der Waals surface area contributed by atoms with Crippen molar-refractivity contribution in [2.45, 2.75) is 25.0 Å². The standard InChI is InChI=1S/C14H18ClNO4/c1-20-13-3-2-9(15)5-11(13)14(19)16-10-4-8(7-17)12(18)6-10/h2-3,5,8,10,12,17-18H,4,6-7H2,1H3,(H,16,19)/t8-,10-,12-/m0/s1. The number of nitrogens with one attached hydrogen (secondary N) is 1. The molecule has 3 atom stereocenters. The molecule has 6 heteroatoms. The quantitative estimate of drug-likeness (QED) is 0.781. The van der Waals surface area contributed by atoms with Gasteiger partial charge in [-0.2, -0.15) is 0 Å². The first-order valence-electron chi connectivity index (χ1n) is 6.48. The number of methoxy groups -OCH3 is 1. The second-order valence-corrected chi connectivity index (χ2v) is 5.43. The van der Waals surface area contributed by atoms with Gasteiger partial charge in [0.1, 0.15) is 5.75 Å². The molecule has 110 valence electrons. The minimum absolute atomic E-state index is 0.0754. The Morgan fingerprint density at radius 3 is 2.85 bits per heavy atom. The Kier molecular flexibility index (Phi) is 4.86. The van der Waals surface area contributed by atoms with E-state index < -0.39 is 6.10 Å². The van der Waals surface area contributed by atoms with Crippen LogP contribution in [-0.2, 0) is 0 Å². The van der Waals surface area contributed by atoms with E-state index in [1.165, 1.54) is 7.11 Å². The Morgan fingerprint density at radius 2 is 2.25 bits per heavy atom. The third-order valence-corrected chi connectivity index (χ3v) is 3.87. The minimum atomic E-state index is -0.577. The van der Waals surface area contributed by atoms with E-state index in [0.29, 0.717) is 29.2 Å². The van der Waals surface area contributed by atoms with Crippen molar-refractivity contribution in [2.24, 2.45) is 5.92 Å². The van der Waals surface area contributed by atoms with Crippen molar-refractivity contribution in [3.63, 3.8) is 0 Å². The molecule has 0 aromatic heterocycles. The van der Waals surface area contributed by atoms with Crippen molar-refractivity contribution in [2.75, 3.05) is 13.7 Å². The van der Waals surface area contributed by atoms with E-state index in [1.807, 2.05) is 0 Å². The lowest BCUT2D eigenvalue weighted by Crippen LogP contribution is -2.33. The smallest absolute Gasteiger partial charge is 0.255 e. The summed E-state index contributed by atoms with van der Waals surface area (Å²) in [6.45, 7) is -0.0754. The molecule has 1 aliphatic rings. The molecular weight excluding hydrogens is 282 g/mol. The van der Waals surface area contributed by atoms with Gasteiger partial charge in [-0.15, -0.1) is 0 Å². The average molecular weight is 300 g/mol. The maximum Gasteiger partial charge on any atom is 0.255 e. The summed E-state index contributed by atoms with van der Waals surface area (Å²) in [5.74, 6) is -0.0224. The lowest BCUT2D eigenvalue weighted by atomic mass is 10.1. The van der Waals surface area contributed by atoms with E-state index in [0.717, 1.165) is 0 Å². The summed E-state index contributed by atoms with van der Waals surface area (Å²) in [7, 11) is 1.49. The fourth-order valence-electron chi connectivity index (χ4n) is 2.54. The summed E-state index contributed by atoms with van der Waals surface area (Å²) in [6.07, 6.45) is 0.429. The molecule has 1 fully saturated rings. The fourth-order valence-corrected chi connectivity index (χ4v) is 2.71. The van der Waals surface area contributed by atoms with E-state index in [9.17, 15) is 9.90 Å². The normalized spacial score (nSPS) is 25.5. The Labute approximate surface area is 122 Å². The van der Waals surface area contributed by atoms with Crippen LogP contribution in [0.25, 0.3) is 0 Å². The fraction of sp³-hybridized carbons (Fsp3) is 0.500. The Hall–Kier alpha value is -1.30. The summed E-state index contributed by atoms with van der Waals surface area (Å²) in [6, 6.07) is 4.68. The van der Waals surface area contributed by atoms with Crippen LogP contribution in [0.4, 0.5) is 0 Å². The van der Waals surface area contributed by atoms with Crippen LogP contribution in [0.2, 0.25) is 5.02 Å². The van der Waals surface area contributed by atoms with Crippen molar-refractivity contribution >= 4 is 17.5 Å². The number of aliphatic hydroxyl groups is 2. The Bertz CT molecular complexity index is 494. The highest BCUT2D eigenvalue weighted by molar-refractivity contribution is 6.31. The predicted octanol–water partition coefficient (Wildman–Crippen LogP) is 1.21. The lowest BCUT2D eigenvalue weighted by molar-refractivity contribution is 0.0903. The van der Waals surface area contributed by atoms with Crippen molar-refractivity contribution in [3.8, 4) is 5.75 Å². The van der Waals surface area contributed by atoms with Crippen LogP contribution >= 0.6 is 11.6 Å². The molecular formula is C14H18ClNO4. The molecule has 1 aliphatic carbocycles. The summed E-state index contributed by atoms with van der Waals surface area (Å²) in [5.41, 5.74) is 0.363. The highest BCUT2D eigenvalue weighted by Crippen LogP contribution is 2.27. The van der Waals surface area contributed by atoms with Gasteiger partial charge in [-0.05, 0) is 31.0 Å². The number of carbonyl (C=O) groups is 1. The van der Waals surface area contributed by atoms with Crippen molar-refractivity contribution in [3.05, 3.63) is 28.8 Å². The van der Waals surface area contributed by atoms with E-state index in [-0.39, 0.29) is 24.5 Å². The van der Waals surface area contributed by atoms with Crippen LogP contribution in [0, 0.1) is 5.92 Å². The van der Waals surface area contributed by atoms with Crippen LogP contribution in [0.3, 0.4) is 0 Å². The van der Waals surface area contributed by atoms with Crippen molar-refractivity contribution < 1.29 is 19.7 Å². The second kappa shape index (κ2) is 6.43. The topological polar surface area (TPSA) is 78.8 Å². The Balaban J connectivity index is 2.07. The first-order valence-corrected chi connectivity index (χ1v) is 6.86. The number of ether oxygens (including phenoxy) is 1. The summed E-state index contributed by atoms with van der Waals surface area (Å²) in [5, 5.41) is 22.1. The number of benzene rings is 1. The number of halogens is 1. The van der Waals surface area contributed by atoms with Crippen LogP contribution in [0.5, 0.6) is 5.75 Å². The molecule has 2 rings (SSSR count). The highest BCUT2D eigenvalue weighted by Gasteiger charge is 2.33. The van der Waals surface area contributed by atoms with E-state index in [4.69, 9.17) is 21.4 Å². The first kappa shape index (κ1) is 15.1. The molecule has 1 aromatic rings. The SMILES string of the molecule is COc1ccc(Cl)cc1C(=O)N[C@H]1C[C@@H](CO)[C@@H](O)C1. The van der Waals surface area contributed by atoms with Gasteiger partial charge >= 0.3 is 0 Å². The van der Waals surface area contributed by atoms with Gasteiger partial charge < -0.3 is 20.3 Å². The zero-order valence-corrected chi connectivity index (χ0v) is 11.9. The van der Waals surface area contributed by atoms with Crippen LogP contribution in [0.1, 0.15) is 23.2 Å². The molecule has 1 aromatic carbocycles. The molecule has 0 saturated heterocycles. The van der Waals surface area contributed by atoms with Gasteiger partial charge in [-0.25, -0.2) is 0 Å². The zero-order chi connectivity index (χ0) is 14.7. The molecule has 1 amide bonds. The first-order chi connectivity index (χ1) is 9.55. The second-order valence-electron chi connectivity index (χ2n) is 5.00. The molecule has 3 N–H and O–H groups in total. The van der Waals surface area contributed by atoms with Crippen molar-refractivity contribution in [1.82, 2.24) is 5.32 Å². The van der Waals surface area contributed by atoms with Crippen LogP contribution in [0.15, 0.2) is 18.2 Å². The van der Waals surface area contributed by atoms with Crippen LogP contribution < -0.4 is 10.1 Å². The summed E-state index contributed by atoms with van der Waals surface area (Å²) in [4.78, 5) is 12.2. The Morgan fingerprint density at radius 1 is 1.50 bits per heavy atom. The maximum absolute atomic E-state index is 12.2. The third kappa shape index (κ3) is 3.23. The highest BCUT2D eigenvalue weighted by atomic mass is 35.5. The molecule has 20 heavy (non-hydrogen) atoms. The van der Waals surface area contributed by atoms with Crippen molar-refractivity contribution in [1.29, 1.82) is 0 Å². The summed E-state index contributed by atoms with van der Waals surface area (Å²) >= 11 is 5.89. The van der Waals surface area contributed by atoms with E-state index in [1.54, 1.807) is 18.2 Å². The molecule has 5 nitrogen and oxygen atoms in total. The van der Waals surface area contributed by atoms with Gasteiger partial charge in [0.15, 0.2) is 0 Å². The van der Waals surface area contributed by atoms with Gasteiger partial charge in [0.25, 0.3) is 5.91 Å². The molecule has 0 heterocycles. The largest absolute Gasteiger partial charge is 0.496 e. The zero-order valence-electron chi connectivity index (χ0n) is 11.2. The molecule has 1 saturated carbocycles. The van der Waals surface area contributed by atoms with Gasteiger partial charge in [-0.3, -0.25) is 4.79 Å².